The standard InChI is InChI=1S/C8H8ClN3O/c9-6-1-5(3-11-4-6)7-2-8(10)13-12-7/h1-3,11H,4,10H2. The van der Waals surface area contributed by atoms with E-state index in [1.54, 1.807) is 6.07 Å². The number of anilines is 1. The van der Waals surface area contributed by atoms with Crippen LogP contribution in [0.5, 0.6) is 0 Å². The molecule has 0 saturated carbocycles. The fraction of sp³-hybridized carbons (Fsp3) is 0.125. The summed E-state index contributed by atoms with van der Waals surface area (Å²) in [5.41, 5.74) is 6.94. The molecule has 1 aliphatic rings. The summed E-state index contributed by atoms with van der Waals surface area (Å²) in [4.78, 5) is 0. The molecule has 0 aliphatic carbocycles. The van der Waals surface area contributed by atoms with Gasteiger partial charge in [0.2, 0.25) is 5.88 Å². The Hall–Kier alpha value is -1.42. The lowest BCUT2D eigenvalue weighted by molar-refractivity contribution is 0.434. The van der Waals surface area contributed by atoms with Gasteiger partial charge in [0.25, 0.3) is 0 Å². The summed E-state index contributed by atoms with van der Waals surface area (Å²) in [6, 6.07) is 1.65. The number of nitrogens with one attached hydrogen (secondary N) is 1. The first-order valence-electron chi connectivity index (χ1n) is 3.78. The van der Waals surface area contributed by atoms with Crippen LogP contribution in [0.25, 0.3) is 5.57 Å². The summed E-state index contributed by atoms with van der Waals surface area (Å²) in [6.07, 6.45) is 3.65. The van der Waals surface area contributed by atoms with Gasteiger partial charge >= 0.3 is 0 Å². The largest absolute Gasteiger partial charge is 0.385 e. The summed E-state index contributed by atoms with van der Waals surface area (Å²) < 4.78 is 4.74. The molecule has 0 fully saturated rings. The highest BCUT2D eigenvalue weighted by atomic mass is 35.5. The first-order chi connectivity index (χ1) is 6.25. The van der Waals surface area contributed by atoms with Gasteiger partial charge in [-0.2, -0.15) is 0 Å². The van der Waals surface area contributed by atoms with Crippen LogP contribution in [0.15, 0.2) is 27.9 Å². The molecule has 0 amide bonds. The van der Waals surface area contributed by atoms with Crippen molar-refractivity contribution >= 4 is 23.1 Å². The number of dihydropyridines is 1. The number of hydrogen-bond acceptors (Lipinski definition) is 4. The van der Waals surface area contributed by atoms with Gasteiger partial charge < -0.3 is 15.6 Å². The van der Waals surface area contributed by atoms with Crippen molar-refractivity contribution in [3.05, 3.63) is 29.1 Å². The summed E-state index contributed by atoms with van der Waals surface area (Å²) in [6.45, 7) is 0.651. The van der Waals surface area contributed by atoms with Crippen molar-refractivity contribution in [2.45, 2.75) is 0 Å². The third kappa shape index (κ3) is 1.67. The molecule has 0 aromatic carbocycles. The Morgan fingerprint density at radius 3 is 3.08 bits per heavy atom. The Labute approximate surface area is 80.0 Å². The predicted octanol–water partition coefficient (Wildman–Crippen LogP) is 1.32. The zero-order valence-electron chi connectivity index (χ0n) is 6.75. The van der Waals surface area contributed by atoms with Gasteiger partial charge in [0.05, 0.1) is 6.54 Å². The molecule has 1 aliphatic heterocycles. The van der Waals surface area contributed by atoms with Gasteiger partial charge in [0.15, 0.2) is 0 Å². The van der Waals surface area contributed by atoms with Crippen LogP contribution in [0.3, 0.4) is 0 Å². The number of aromatic nitrogens is 1. The van der Waals surface area contributed by atoms with Crippen LogP contribution >= 0.6 is 11.6 Å². The van der Waals surface area contributed by atoms with E-state index in [1.165, 1.54) is 0 Å². The van der Waals surface area contributed by atoms with Gasteiger partial charge in [0.1, 0.15) is 5.69 Å². The lowest BCUT2D eigenvalue weighted by Crippen LogP contribution is -2.11. The van der Waals surface area contributed by atoms with E-state index in [9.17, 15) is 0 Å². The van der Waals surface area contributed by atoms with Gasteiger partial charge in [-0.25, -0.2) is 0 Å². The van der Waals surface area contributed by atoms with Crippen LogP contribution in [0, 0.1) is 0 Å². The van der Waals surface area contributed by atoms with Crippen LogP contribution in [-0.4, -0.2) is 11.7 Å². The Morgan fingerprint density at radius 1 is 1.62 bits per heavy atom. The molecule has 0 spiro atoms. The second-order valence-corrected chi connectivity index (χ2v) is 3.17. The monoisotopic (exact) mass is 197 g/mol. The second-order valence-electron chi connectivity index (χ2n) is 2.69. The summed E-state index contributed by atoms with van der Waals surface area (Å²) >= 11 is 5.84. The van der Waals surface area contributed by atoms with Crippen LogP contribution < -0.4 is 11.1 Å². The van der Waals surface area contributed by atoms with Crippen molar-refractivity contribution < 1.29 is 4.52 Å². The average Bonchev–Trinajstić information content (AvgIpc) is 2.52. The van der Waals surface area contributed by atoms with Crippen LogP contribution in [0.4, 0.5) is 5.88 Å². The molecule has 1 aromatic rings. The minimum atomic E-state index is 0.297. The van der Waals surface area contributed by atoms with Crippen molar-refractivity contribution in [3.63, 3.8) is 0 Å². The lowest BCUT2D eigenvalue weighted by atomic mass is 10.1. The number of allylic oxidation sites excluding steroid dienone is 2. The number of nitrogen functional groups attached to an aromatic ring is 1. The van der Waals surface area contributed by atoms with Gasteiger partial charge in [-0.05, 0) is 6.08 Å². The van der Waals surface area contributed by atoms with Crippen molar-refractivity contribution in [1.29, 1.82) is 0 Å². The molecule has 2 heterocycles. The smallest absolute Gasteiger partial charge is 0.222 e. The van der Waals surface area contributed by atoms with Crippen LogP contribution in [0.1, 0.15) is 5.69 Å². The maximum Gasteiger partial charge on any atom is 0.222 e. The molecule has 0 saturated heterocycles. The minimum Gasteiger partial charge on any atom is -0.385 e. The number of nitrogens with two attached hydrogens (primary N) is 1. The highest BCUT2D eigenvalue weighted by Gasteiger charge is 2.09. The number of hydrogen-bond donors (Lipinski definition) is 2. The van der Waals surface area contributed by atoms with Crippen molar-refractivity contribution in [2.75, 3.05) is 12.3 Å². The molecule has 1 aromatic heterocycles. The van der Waals surface area contributed by atoms with Crippen molar-refractivity contribution in [1.82, 2.24) is 10.5 Å². The van der Waals surface area contributed by atoms with E-state index in [0.29, 0.717) is 18.1 Å². The topological polar surface area (TPSA) is 64.1 Å². The van der Waals surface area contributed by atoms with Crippen LogP contribution in [-0.2, 0) is 0 Å². The fourth-order valence-electron chi connectivity index (χ4n) is 1.09. The van der Waals surface area contributed by atoms with E-state index in [4.69, 9.17) is 21.9 Å². The van der Waals surface area contributed by atoms with E-state index < -0.39 is 0 Å². The zero-order chi connectivity index (χ0) is 9.26. The fourth-order valence-corrected chi connectivity index (χ4v) is 1.29. The number of rotatable bonds is 1. The number of nitrogens with zero attached hydrogens (tertiary/aromatic N) is 1. The maximum atomic E-state index is 5.84. The molecule has 3 N–H and O–H groups in total. The maximum absolute atomic E-state index is 5.84. The summed E-state index contributed by atoms with van der Waals surface area (Å²) in [7, 11) is 0. The minimum absolute atomic E-state index is 0.297. The molecular weight excluding hydrogens is 190 g/mol. The Kier molecular flexibility index (Phi) is 1.98. The van der Waals surface area contributed by atoms with Gasteiger partial charge in [0, 0.05) is 22.9 Å². The average molecular weight is 198 g/mol. The van der Waals surface area contributed by atoms with Gasteiger partial charge in [-0.3, -0.25) is 0 Å². The van der Waals surface area contributed by atoms with Gasteiger partial charge in [-0.1, -0.05) is 16.8 Å². The molecule has 5 heteroatoms. The summed E-state index contributed by atoms with van der Waals surface area (Å²) in [5, 5.41) is 7.51. The van der Waals surface area contributed by atoms with Gasteiger partial charge in [-0.15, -0.1) is 0 Å². The zero-order valence-corrected chi connectivity index (χ0v) is 7.51. The van der Waals surface area contributed by atoms with Crippen molar-refractivity contribution in [3.8, 4) is 0 Å². The van der Waals surface area contributed by atoms with E-state index in [-0.39, 0.29) is 0 Å². The quantitative estimate of drug-likeness (QED) is 0.713. The molecule has 0 atom stereocenters. The molecule has 2 rings (SSSR count). The highest BCUT2D eigenvalue weighted by molar-refractivity contribution is 6.30. The highest BCUT2D eigenvalue weighted by Crippen LogP contribution is 2.21. The third-order valence-corrected chi connectivity index (χ3v) is 1.91. The van der Waals surface area contributed by atoms with E-state index in [2.05, 4.69) is 10.5 Å². The van der Waals surface area contributed by atoms with E-state index in [1.807, 2.05) is 12.3 Å². The SMILES string of the molecule is Nc1cc(C2=CNCC(Cl)=C2)no1. The Balaban J connectivity index is 2.32. The normalized spacial score (nSPS) is 16.1. The first-order valence-corrected chi connectivity index (χ1v) is 4.16. The Morgan fingerprint density at radius 2 is 2.46 bits per heavy atom. The third-order valence-electron chi connectivity index (χ3n) is 1.66. The molecule has 13 heavy (non-hydrogen) atoms. The van der Waals surface area contributed by atoms with Crippen LogP contribution in [0.2, 0.25) is 0 Å². The molecule has 0 radical (unpaired) electrons. The molecule has 0 bridgehead atoms. The van der Waals surface area contributed by atoms with E-state index in [0.717, 1.165) is 10.6 Å². The second kappa shape index (κ2) is 3.14. The molecule has 68 valence electrons. The van der Waals surface area contributed by atoms with E-state index >= 15 is 0 Å². The number of halogens is 1. The summed E-state index contributed by atoms with van der Waals surface area (Å²) in [5.74, 6) is 0.297. The molecular formula is C8H8ClN3O. The lowest BCUT2D eigenvalue weighted by Gasteiger charge is -2.08. The molecule has 0 unspecified atom stereocenters. The Bertz CT molecular complexity index is 380. The molecule has 4 nitrogen and oxygen atoms in total. The van der Waals surface area contributed by atoms with Crippen molar-refractivity contribution in [2.24, 2.45) is 0 Å². The first kappa shape index (κ1) is 8.19. The predicted molar refractivity (Wildman–Crippen MR) is 50.8 cm³/mol.